The highest BCUT2D eigenvalue weighted by Gasteiger charge is 2.39. The Balaban J connectivity index is 1.72. The molecule has 3 atom stereocenters. The van der Waals surface area contributed by atoms with Crippen LogP contribution >= 0.6 is 0 Å². The highest BCUT2D eigenvalue weighted by molar-refractivity contribution is 5.88. The second-order valence-electron chi connectivity index (χ2n) is 6.53. The van der Waals surface area contributed by atoms with Crippen LogP contribution in [0.5, 0.6) is 0 Å². The molecule has 1 saturated heterocycles. The van der Waals surface area contributed by atoms with E-state index in [4.69, 9.17) is 0 Å². The third-order valence-corrected chi connectivity index (χ3v) is 5.30. The van der Waals surface area contributed by atoms with Gasteiger partial charge in [-0.1, -0.05) is 12.1 Å². The highest BCUT2D eigenvalue weighted by Crippen LogP contribution is 2.44. The molecule has 110 valence electrons. The van der Waals surface area contributed by atoms with Gasteiger partial charge in [0.05, 0.1) is 0 Å². The number of rotatable bonds is 3. The van der Waals surface area contributed by atoms with Gasteiger partial charge in [-0.3, -0.25) is 4.79 Å². The first-order valence-corrected chi connectivity index (χ1v) is 7.74. The Morgan fingerprint density at radius 1 is 1.48 bits per heavy atom. The molecule has 0 radical (unpaired) electrons. The molecule has 1 fully saturated rings. The number of aromatic amines is 1. The Morgan fingerprint density at radius 2 is 2.38 bits per heavy atom. The van der Waals surface area contributed by atoms with Gasteiger partial charge in [0.15, 0.2) is 0 Å². The molecule has 1 aromatic carbocycles. The minimum absolute atomic E-state index is 0.539. The highest BCUT2D eigenvalue weighted by atomic mass is 16.1. The lowest BCUT2D eigenvalue weighted by Gasteiger charge is -2.45. The van der Waals surface area contributed by atoms with E-state index in [1.807, 2.05) is 0 Å². The Hall–Kier alpha value is -1.81. The maximum atomic E-state index is 10.6. The summed E-state index contributed by atoms with van der Waals surface area (Å²) in [5, 5.41) is 4.30. The molecule has 0 saturated carbocycles. The van der Waals surface area contributed by atoms with Crippen molar-refractivity contribution in [3.8, 4) is 0 Å². The molecule has 4 heteroatoms. The molecule has 1 aromatic heterocycles. The minimum atomic E-state index is 0.539. The van der Waals surface area contributed by atoms with E-state index in [1.165, 1.54) is 28.5 Å². The molecule has 1 unspecified atom stereocenters. The van der Waals surface area contributed by atoms with E-state index in [0.29, 0.717) is 17.9 Å². The number of piperidine rings is 1. The fourth-order valence-corrected chi connectivity index (χ4v) is 4.42. The molecule has 4 rings (SSSR count). The lowest BCUT2D eigenvalue weighted by Crippen LogP contribution is -2.49. The smallest absolute Gasteiger partial charge is 0.207 e. The number of likely N-dealkylation sites (N-methyl/N-ethyl adjacent to an activating group) is 1. The van der Waals surface area contributed by atoms with Crippen LogP contribution in [0, 0.1) is 5.92 Å². The standard InChI is InChI=1S/C17H21N3O/c1-20-9-11(7-18-10-21)5-14-13-3-2-4-15-17(13)12(8-19-15)6-16(14)20/h2-4,8,10-11,14,16,19H,5-7,9H2,1H3,(H,18,21)/t11?,14-,16-/m0/s1. The van der Waals surface area contributed by atoms with Crippen molar-refractivity contribution in [3.05, 3.63) is 35.5 Å². The largest absolute Gasteiger partial charge is 0.361 e. The molecule has 0 bridgehead atoms. The zero-order valence-electron chi connectivity index (χ0n) is 12.3. The number of carbonyl (C=O) groups excluding carboxylic acids is 1. The number of nitrogens with zero attached hydrogens (tertiary/aromatic N) is 1. The van der Waals surface area contributed by atoms with E-state index >= 15 is 0 Å². The maximum Gasteiger partial charge on any atom is 0.207 e. The number of nitrogens with one attached hydrogen (secondary N) is 2. The summed E-state index contributed by atoms with van der Waals surface area (Å²) in [6.45, 7) is 1.85. The zero-order chi connectivity index (χ0) is 14.4. The number of hydrogen-bond acceptors (Lipinski definition) is 2. The molecule has 0 spiro atoms. The number of amides is 1. The number of carbonyl (C=O) groups is 1. The van der Waals surface area contributed by atoms with E-state index < -0.39 is 0 Å². The zero-order valence-corrected chi connectivity index (χ0v) is 12.3. The van der Waals surface area contributed by atoms with Gasteiger partial charge in [-0.15, -0.1) is 0 Å². The summed E-state index contributed by atoms with van der Waals surface area (Å²) in [6, 6.07) is 7.21. The summed E-state index contributed by atoms with van der Waals surface area (Å²) >= 11 is 0. The molecular weight excluding hydrogens is 262 g/mol. The van der Waals surface area contributed by atoms with Gasteiger partial charge < -0.3 is 15.2 Å². The average Bonchev–Trinajstić information content (AvgIpc) is 2.91. The van der Waals surface area contributed by atoms with E-state index in [9.17, 15) is 4.79 Å². The van der Waals surface area contributed by atoms with E-state index in [-0.39, 0.29) is 0 Å². The van der Waals surface area contributed by atoms with Gasteiger partial charge in [-0.2, -0.15) is 0 Å². The maximum absolute atomic E-state index is 10.6. The van der Waals surface area contributed by atoms with Crippen LogP contribution in [0.25, 0.3) is 10.9 Å². The number of fused-ring (bicyclic) bond motifs is 2. The van der Waals surface area contributed by atoms with Gasteiger partial charge in [-0.05, 0) is 43.0 Å². The van der Waals surface area contributed by atoms with Crippen molar-refractivity contribution in [2.45, 2.75) is 24.8 Å². The van der Waals surface area contributed by atoms with Gasteiger partial charge in [0, 0.05) is 42.1 Å². The van der Waals surface area contributed by atoms with Crippen molar-refractivity contribution in [3.63, 3.8) is 0 Å². The molecule has 2 aliphatic rings. The average molecular weight is 283 g/mol. The number of H-pyrrole nitrogens is 1. The van der Waals surface area contributed by atoms with E-state index in [0.717, 1.165) is 25.9 Å². The second kappa shape index (κ2) is 4.88. The van der Waals surface area contributed by atoms with Crippen LogP contribution in [0.4, 0.5) is 0 Å². The number of likely N-dealkylation sites (tertiary alicyclic amines) is 1. The predicted molar refractivity (Wildman–Crippen MR) is 83.3 cm³/mol. The quantitative estimate of drug-likeness (QED) is 0.845. The summed E-state index contributed by atoms with van der Waals surface area (Å²) in [5.41, 5.74) is 4.21. The third-order valence-electron chi connectivity index (χ3n) is 5.30. The Kier molecular flexibility index (Phi) is 3.00. The van der Waals surface area contributed by atoms with Crippen LogP contribution in [0.1, 0.15) is 23.5 Å². The Bertz CT molecular complexity index is 678. The van der Waals surface area contributed by atoms with Crippen LogP contribution in [-0.4, -0.2) is 42.5 Å². The number of hydrogen-bond donors (Lipinski definition) is 2. The Morgan fingerprint density at radius 3 is 3.24 bits per heavy atom. The van der Waals surface area contributed by atoms with Crippen LogP contribution < -0.4 is 5.32 Å². The topological polar surface area (TPSA) is 48.1 Å². The molecule has 21 heavy (non-hydrogen) atoms. The SMILES string of the molecule is CN1CC(CNC=O)C[C@H]2c3cccc4[nH]cc(c34)C[C@@H]21. The first kappa shape index (κ1) is 12.9. The molecule has 2 N–H and O–H groups in total. The van der Waals surface area contributed by atoms with Gasteiger partial charge in [-0.25, -0.2) is 0 Å². The van der Waals surface area contributed by atoms with Crippen molar-refractivity contribution in [2.24, 2.45) is 5.92 Å². The molecule has 4 nitrogen and oxygen atoms in total. The molecule has 2 aromatic rings. The molecule has 1 amide bonds. The second-order valence-corrected chi connectivity index (χ2v) is 6.53. The third kappa shape index (κ3) is 1.97. The van der Waals surface area contributed by atoms with Crippen molar-refractivity contribution in [1.29, 1.82) is 0 Å². The van der Waals surface area contributed by atoms with Gasteiger partial charge >= 0.3 is 0 Å². The molecule has 2 heterocycles. The van der Waals surface area contributed by atoms with Crippen LogP contribution in [0.3, 0.4) is 0 Å². The van der Waals surface area contributed by atoms with Crippen LogP contribution in [0.15, 0.2) is 24.4 Å². The number of aromatic nitrogens is 1. The van der Waals surface area contributed by atoms with Crippen molar-refractivity contribution >= 4 is 17.3 Å². The first-order valence-electron chi connectivity index (χ1n) is 7.74. The Labute approximate surface area is 124 Å². The molecular formula is C17H21N3O. The number of benzene rings is 1. The van der Waals surface area contributed by atoms with Crippen LogP contribution in [0.2, 0.25) is 0 Å². The molecule has 1 aliphatic heterocycles. The van der Waals surface area contributed by atoms with Crippen molar-refractivity contribution in [1.82, 2.24) is 15.2 Å². The minimum Gasteiger partial charge on any atom is -0.361 e. The van der Waals surface area contributed by atoms with Gasteiger partial charge in [0.1, 0.15) is 0 Å². The summed E-state index contributed by atoms with van der Waals surface area (Å²) in [6.07, 6.45) is 5.29. The fraction of sp³-hybridized carbons (Fsp3) is 0.471. The summed E-state index contributed by atoms with van der Waals surface area (Å²) in [7, 11) is 2.22. The summed E-state index contributed by atoms with van der Waals surface area (Å²) in [5.74, 6) is 1.12. The lowest BCUT2D eigenvalue weighted by molar-refractivity contribution is -0.109. The van der Waals surface area contributed by atoms with Gasteiger partial charge in [0.25, 0.3) is 0 Å². The van der Waals surface area contributed by atoms with Crippen LogP contribution in [-0.2, 0) is 11.2 Å². The monoisotopic (exact) mass is 283 g/mol. The van der Waals surface area contributed by atoms with Gasteiger partial charge in [0.2, 0.25) is 6.41 Å². The van der Waals surface area contributed by atoms with E-state index in [2.05, 4.69) is 46.6 Å². The fourth-order valence-electron chi connectivity index (χ4n) is 4.42. The van der Waals surface area contributed by atoms with E-state index in [1.54, 1.807) is 0 Å². The van der Waals surface area contributed by atoms with Crippen molar-refractivity contribution < 1.29 is 4.79 Å². The molecule has 1 aliphatic carbocycles. The summed E-state index contributed by atoms with van der Waals surface area (Å²) in [4.78, 5) is 16.5. The normalized spacial score (nSPS) is 28.3. The lowest BCUT2D eigenvalue weighted by atomic mass is 9.72. The first-order chi connectivity index (χ1) is 10.3. The van der Waals surface area contributed by atoms with Crippen molar-refractivity contribution in [2.75, 3.05) is 20.1 Å². The predicted octanol–water partition coefficient (Wildman–Crippen LogP) is 1.87. The summed E-state index contributed by atoms with van der Waals surface area (Å²) < 4.78 is 0.